The van der Waals surface area contributed by atoms with Crippen molar-refractivity contribution in [2.24, 2.45) is 0 Å². The predicted octanol–water partition coefficient (Wildman–Crippen LogP) is 5.28. The molecule has 1 atom stereocenters. The maximum atomic E-state index is 3.85. The highest BCUT2D eigenvalue weighted by molar-refractivity contribution is 5.30. The van der Waals surface area contributed by atoms with Gasteiger partial charge in [-0.2, -0.15) is 0 Å². The van der Waals surface area contributed by atoms with Crippen LogP contribution >= 0.6 is 0 Å². The minimum absolute atomic E-state index is 0.435. The van der Waals surface area contributed by atoms with E-state index in [2.05, 4.69) is 67.0 Å². The van der Waals surface area contributed by atoms with E-state index < -0.39 is 0 Å². The summed E-state index contributed by atoms with van der Waals surface area (Å²) in [4.78, 5) is 2.50. The van der Waals surface area contributed by atoms with Crippen LogP contribution in [-0.2, 0) is 0 Å². The second-order valence-electron chi connectivity index (χ2n) is 5.20. The van der Waals surface area contributed by atoms with Crippen molar-refractivity contribution in [3.05, 3.63) is 72.7 Å². The Kier molecular flexibility index (Phi) is 5.67. The van der Waals surface area contributed by atoms with Gasteiger partial charge in [-0.15, -0.1) is 6.58 Å². The standard InChI is InChI=1S/C19H25N/c1-3-5-12-17(4-2)20(18-13-8-6-9-14-18)19-15-10-7-11-16-19/h3-4,6,8-10,13,15-16,18H,1,5,7,11-12,14H2,2H3/b17-4+. The van der Waals surface area contributed by atoms with E-state index in [-0.39, 0.29) is 0 Å². The summed E-state index contributed by atoms with van der Waals surface area (Å²) in [6.07, 6.45) is 25.5. The summed E-state index contributed by atoms with van der Waals surface area (Å²) in [5.41, 5.74) is 2.74. The molecule has 0 bridgehead atoms. The molecule has 0 heterocycles. The second kappa shape index (κ2) is 7.74. The summed E-state index contributed by atoms with van der Waals surface area (Å²) in [5.74, 6) is 0. The van der Waals surface area contributed by atoms with E-state index in [0.717, 1.165) is 32.1 Å². The van der Waals surface area contributed by atoms with E-state index >= 15 is 0 Å². The molecule has 0 fully saturated rings. The summed E-state index contributed by atoms with van der Waals surface area (Å²) >= 11 is 0. The van der Waals surface area contributed by atoms with Gasteiger partial charge in [-0.1, -0.05) is 48.6 Å². The molecule has 0 saturated heterocycles. The topological polar surface area (TPSA) is 3.24 Å². The smallest absolute Gasteiger partial charge is 0.0556 e. The average molecular weight is 267 g/mol. The third-order valence-corrected chi connectivity index (χ3v) is 3.79. The molecule has 0 aliphatic heterocycles. The van der Waals surface area contributed by atoms with Crippen LogP contribution in [0.4, 0.5) is 0 Å². The molecule has 0 radical (unpaired) electrons. The first kappa shape index (κ1) is 14.6. The summed E-state index contributed by atoms with van der Waals surface area (Å²) < 4.78 is 0. The van der Waals surface area contributed by atoms with Gasteiger partial charge in [0.25, 0.3) is 0 Å². The number of rotatable bonds is 6. The van der Waals surface area contributed by atoms with Gasteiger partial charge in [0.2, 0.25) is 0 Å². The first-order valence-electron chi connectivity index (χ1n) is 7.62. The van der Waals surface area contributed by atoms with E-state index in [1.165, 1.54) is 11.4 Å². The molecule has 0 N–H and O–H groups in total. The van der Waals surface area contributed by atoms with Gasteiger partial charge in [0.05, 0.1) is 6.04 Å². The van der Waals surface area contributed by atoms with Crippen molar-refractivity contribution in [2.75, 3.05) is 0 Å². The van der Waals surface area contributed by atoms with Gasteiger partial charge in [-0.3, -0.25) is 0 Å². The molecule has 20 heavy (non-hydrogen) atoms. The Morgan fingerprint density at radius 3 is 2.85 bits per heavy atom. The molecule has 0 aromatic rings. The normalized spacial score (nSPS) is 21.8. The lowest BCUT2D eigenvalue weighted by molar-refractivity contribution is 0.356. The van der Waals surface area contributed by atoms with E-state index in [1.807, 2.05) is 6.08 Å². The SMILES string of the molecule is C=CCC/C(=C\C)N(C1=CCCC=C1)C1C=CC=CC1. The number of hydrogen-bond acceptors (Lipinski definition) is 1. The Labute approximate surface area is 123 Å². The molecule has 106 valence electrons. The first-order chi connectivity index (χ1) is 9.86. The molecule has 1 nitrogen and oxygen atoms in total. The van der Waals surface area contributed by atoms with Crippen molar-refractivity contribution >= 4 is 0 Å². The molecule has 1 unspecified atom stereocenters. The molecule has 2 aliphatic rings. The molecule has 0 spiro atoms. The fraction of sp³-hybridized carbons (Fsp3) is 0.368. The van der Waals surface area contributed by atoms with Crippen molar-refractivity contribution < 1.29 is 0 Å². The van der Waals surface area contributed by atoms with Gasteiger partial charge in [0, 0.05) is 11.4 Å². The highest BCUT2D eigenvalue weighted by atomic mass is 15.2. The Balaban J connectivity index is 2.25. The van der Waals surface area contributed by atoms with Crippen molar-refractivity contribution in [3.63, 3.8) is 0 Å². The van der Waals surface area contributed by atoms with Crippen LogP contribution in [0.1, 0.15) is 39.0 Å². The van der Waals surface area contributed by atoms with Crippen LogP contribution < -0.4 is 0 Å². The zero-order valence-electron chi connectivity index (χ0n) is 12.5. The van der Waals surface area contributed by atoms with E-state index in [9.17, 15) is 0 Å². The number of nitrogens with zero attached hydrogens (tertiary/aromatic N) is 1. The molecular weight excluding hydrogens is 242 g/mol. The van der Waals surface area contributed by atoms with E-state index in [4.69, 9.17) is 0 Å². The lowest BCUT2D eigenvalue weighted by Crippen LogP contribution is -2.32. The highest BCUT2D eigenvalue weighted by Crippen LogP contribution is 2.28. The zero-order chi connectivity index (χ0) is 14.2. The maximum Gasteiger partial charge on any atom is 0.0556 e. The molecular formula is C19H25N. The van der Waals surface area contributed by atoms with Gasteiger partial charge in [0.1, 0.15) is 0 Å². The summed E-state index contributed by atoms with van der Waals surface area (Å²) in [7, 11) is 0. The Bertz CT molecular complexity index is 474. The van der Waals surface area contributed by atoms with Gasteiger partial charge in [0.15, 0.2) is 0 Å². The third kappa shape index (κ3) is 3.63. The van der Waals surface area contributed by atoms with Gasteiger partial charge < -0.3 is 4.90 Å². The summed E-state index contributed by atoms with van der Waals surface area (Å²) in [6, 6.07) is 0.435. The van der Waals surface area contributed by atoms with Crippen molar-refractivity contribution in [3.8, 4) is 0 Å². The molecule has 1 heteroatoms. The third-order valence-electron chi connectivity index (χ3n) is 3.79. The van der Waals surface area contributed by atoms with Crippen LogP contribution in [-0.4, -0.2) is 10.9 Å². The molecule has 2 aliphatic carbocycles. The monoisotopic (exact) mass is 267 g/mol. The van der Waals surface area contributed by atoms with E-state index in [1.54, 1.807) is 0 Å². The second-order valence-corrected chi connectivity index (χ2v) is 5.20. The molecule has 0 saturated carbocycles. The van der Waals surface area contributed by atoms with Gasteiger partial charge in [-0.25, -0.2) is 0 Å². The van der Waals surface area contributed by atoms with Crippen LogP contribution in [0.2, 0.25) is 0 Å². The van der Waals surface area contributed by atoms with Crippen molar-refractivity contribution in [1.82, 2.24) is 4.90 Å². The largest absolute Gasteiger partial charge is 0.339 e. The Hall–Kier alpha value is -1.76. The Morgan fingerprint density at radius 1 is 1.35 bits per heavy atom. The fourth-order valence-electron chi connectivity index (χ4n) is 2.76. The first-order valence-corrected chi connectivity index (χ1v) is 7.62. The molecule has 0 amide bonds. The highest BCUT2D eigenvalue weighted by Gasteiger charge is 2.21. The van der Waals surface area contributed by atoms with Gasteiger partial charge in [-0.05, 0) is 45.1 Å². The van der Waals surface area contributed by atoms with E-state index in [0.29, 0.717) is 6.04 Å². The molecule has 2 rings (SSSR count). The van der Waals surface area contributed by atoms with Crippen molar-refractivity contribution in [2.45, 2.75) is 45.1 Å². The maximum absolute atomic E-state index is 3.85. The van der Waals surface area contributed by atoms with Crippen LogP contribution in [0.3, 0.4) is 0 Å². The zero-order valence-corrected chi connectivity index (χ0v) is 12.5. The molecule has 0 aromatic carbocycles. The summed E-state index contributed by atoms with van der Waals surface area (Å²) in [6.45, 7) is 5.99. The lowest BCUT2D eigenvalue weighted by atomic mass is 10.0. The average Bonchev–Trinajstić information content (AvgIpc) is 2.53. The van der Waals surface area contributed by atoms with Crippen LogP contribution in [0, 0.1) is 0 Å². The number of hydrogen-bond donors (Lipinski definition) is 0. The van der Waals surface area contributed by atoms with Crippen LogP contribution in [0.15, 0.2) is 72.7 Å². The molecule has 0 aromatic heterocycles. The fourth-order valence-corrected chi connectivity index (χ4v) is 2.76. The lowest BCUT2D eigenvalue weighted by Gasteiger charge is -2.36. The van der Waals surface area contributed by atoms with Crippen LogP contribution in [0.5, 0.6) is 0 Å². The van der Waals surface area contributed by atoms with Gasteiger partial charge >= 0.3 is 0 Å². The Morgan fingerprint density at radius 2 is 2.25 bits per heavy atom. The quantitative estimate of drug-likeness (QED) is 0.592. The number of allylic oxidation sites excluding steroid dienone is 8. The minimum Gasteiger partial charge on any atom is -0.339 e. The van der Waals surface area contributed by atoms with Crippen molar-refractivity contribution in [1.29, 1.82) is 0 Å². The van der Waals surface area contributed by atoms with Crippen LogP contribution in [0.25, 0.3) is 0 Å². The minimum atomic E-state index is 0.435. The predicted molar refractivity (Wildman–Crippen MR) is 88.2 cm³/mol. The summed E-state index contributed by atoms with van der Waals surface area (Å²) in [5, 5.41) is 0.